The molecular weight excluding hydrogens is 679 g/mol. The van der Waals surface area contributed by atoms with Gasteiger partial charge in [0.05, 0.1) is 16.9 Å². The lowest BCUT2D eigenvalue weighted by Crippen LogP contribution is -1.97. The van der Waals surface area contributed by atoms with Gasteiger partial charge in [-0.2, -0.15) is 0 Å². The molecule has 0 spiro atoms. The molecule has 0 radical (unpaired) electrons. The Kier molecular flexibility index (Phi) is 7.49. The highest BCUT2D eigenvalue weighted by atomic mass is 14.9. The highest BCUT2D eigenvalue weighted by Gasteiger charge is 2.18. The highest BCUT2D eigenvalue weighted by molar-refractivity contribution is 6.33. The van der Waals surface area contributed by atoms with E-state index in [4.69, 9.17) is 15.0 Å². The van der Waals surface area contributed by atoms with Crippen molar-refractivity contribution < 1.29 is 0 Å². The molecule has 0 aliphatic carbocycles. The van der Waals surface area contributed by atoms with Crippen LogP contribution in [0.4, 0.5) is 0 Å². The molecule has 56 heavy (non-hydrogen) atoms. The zero-order chi connectivity index (χ0) is 37.0. The van der Waals surface area contributed by atoms with E-state index in [0.717, 1.165) is 55.7 Å². The summed E-state index contributed by atoms with van der Waals surface area (Å²) >= 11 is 0. The minimum Gasteiger partial charge on any atom is -0.256 e. The Morgan fingerprint density at radius 3 is 1.54 bits per heavy atom. The lowest BCUT2D eigenvalue weighted by atomic mass is 9.86. The molecule has 11 rings (SSSR count). The van der Waals surface area contributed by atoms with Crippen LogP contribution in [-0.2, 0) is 0 Å². The first-order chi connectivity index (χ1) is 27.8. The summed E-state index contributed by atoms with van der Waals surface area (Å²) in [7, 11) is 0. The fraction of sp³-hybridized carbons (Fsp3) is 0. The van der Waals surface area contributed by atoms with Gasteiger partial charge in [-0.05, 0) is 96.2 Å². The van der Waals surface area contributed by atoms with Gasteiger partial charge in [0.15, 0.2) is 5.82 Å². The van der Waals surface area contributed by atoms with E-state index in [0.29, 0.717) is 5.82 Å². The molecule has 0 saturated carbocycles. The van der Waals surface area contributed by atoms with Gasteiger partial charge in [0, 0.05) is 33.8 Å². The third-order valence-electron chi connectivity index (χ3n) is 11.1. The van der Waals surface area contributed by atoms with Gasteiger partial charge in [-0.3, -0.25) is 4.98 Å². The molecule has 2 heterocycles. The minimum atomic E-state index is 0.690. The summed E-state index contributed by atoms with van der Waals surface area (Å²) in [6.45, 7) is 0. The molecule has 0 atom stereocenters. The third kappa shape index (κ3) is 5.32. The maximum absolute atomic E-state index is 5.29. The van der Waals surface area contributed by atoms with Crippen molar-refractivity contribution in [1.82, 2.24) is 15.0 Å². The van der Waals surface area contributed by atoms with Crippen LogP contribution in [0.5, 0.6) is 0 Å². The van der Waals surface area contributed by atoms with E-state index < -0.39 is 0 Å². The van der Waals surface area contributed by atoms with Crippen LogP contribution in [-0.4, -0.2) is 15.0 Å². The fourth-order valence-corrected chi connectivity index (χ4v) is 8.50. The largest absolute Gasteiger partial charge is 0.256 e. The zero-order valence-electron chi connectivity index (χ0n) is 30.4. The van der Waals surface area contributed by atoms with Crippen molar-refractivity contribution in [3.63, 3.8) is 0 Å². The molecule has 0 aliphatic heterocycles. The van der Waals surface area contributed by atoms with Crippen molar-refractivity contribution in [2.75, 3.05) is 0 Å². The average molecular weight is 712 g/mol. The van der Waals surface area contributed by atoms with Gasteiger partial charge < -0.3 is 0 Å². The first-order valence-corrected chi connectivity index (χ1v) is 19.0. The predicted molar refractivity (Wildman–Crippen MR) is 235 cm³/mol. The summed E-state index contributed by atoms with van der Waals surface area (Å²) in [6, 6.07) is 69.2. The molecule has 0 saturated heterocycles. The smallest absolute Gasteiger partial charge is 0.160 e. The molecular formula is C53H33N3. The average Bonchev–Trinajstić information content (AvgIpc) is 3.28. The van der Waals surface area contributed by atoms with Crippen molar-refractivity contribution in [3.05, 3.63) is 200 Å². The van der Waals surface area contributed by atoms with Gasteiger partial charge in [-0.25, -0.2) is 9.97 Å². The number of nitrogens with zero attached hydrogens (tertiary/aromatic N) is 3. The van der Waals surface area contributed by atoms with Crippen LogP contribution in [0.25, 0.3) is 110 Å². The SMILES string of the molecule is c1ccc(-c2cc(-c3cc(-c4cc5c6ccccc6c6ccccc6c5c5ccccc45)cc(-c4cccc5cccnc45)c3)nc(-c3ccccc3)n2)cc1. The summed E-state index contributed by atoms with van der Waals surface area (Å²) in [5.41, 5.74) is 10.2. The topological polar surface area (TPSA) is 38.7 Å². The van der Waals surface area contributed by atoms with E-state index in [9.17, 15) is 0 Å². The molecule has 0 aliphatic rings. The fourth-order valence-electron chi connectivity index (χ4n) is 8.50. The van der Waals surface area contributed by atoms with Crippen molar-refractivity contribution in [3.8, 4) is 56.2 Å². The van der Waals surface area contributed by atoms with Crippen LogP contribution in [0.1, 0.15) is 0 Å². The number of fused-ring (bicyclic) bond motifs is 9. The number of para-hydroxylation sites is 1. The summed E-state index contributed by atoms with van der Waals surface area (Å²) < 4.78 is 0. The Bertz CT molecular complexity index is 3240. The van der Waals surface area contributed by atoms with E-state index in [1.807, 2.05) is 36.5 Å². The van der Waals surface area contributed by atoms with Crippen molar-refractivity contribution in [2.24, 2.45) is 0 Å². The van der Waals surface area contributed by atoms with Crippen molar-refractivity contribution in [2.45, 2.75) is 0 Å². The van der Waals surface area contributed by atoms with Crippen LogP contribution in [0.3, 0.4) is 0 Å². The van der Waals surface area contributed by atoms with Gasteiger partial charge in [0.25, 0.3) is 0 Å². The van der Waals surface area contributed by atoms with Gasteiger partial charge >= 0.3 is 0 Å². The lowest BCUT2D eigenvalue weighted by Gasteiger charge is -2.18. The van der Waals surface area contributed by atoms with E-state index in [-0.39, 0.29) is 0 Å². The maximum Gasteiger partial charge on any atom is 0.160 e. The summed E-state index contributed by atoms with van der Waals surface area (Å²) in [5.74, 6) is 0.690. The second-order valence-corrected chi connectivity index (χ2v) is 14.4. The molecule has 3 nitrogen and oxygen atoms in total. The molecule has 0 fully saturated rings. The molecule has 9 aromatic carbocycles. The molecule has 2 aromatic heterocycles. The van der Waals surface area contributed by atoms with Crippen LogP contribution in [0.15, 0.2) is 200 Å². The number of hydrogen-bond donors (Lipinski definition) is 0. The van der Waals surface area contributed by atoms with Gasteiger partial charge in [-0.15, -0.1) is 0 Å². The van der Waals surface area contributed by atoms with Gasteiger partial charge in [0.2, 0.25) is 0 Å². The van der Waals surface area contributed by atoms with Crippen molar-refractivity contribution >= 4 is 54.0 Å². The molecule has 0 N–H and O–H groups in total. The summed E-state index contributed by atoms with van der Waals surface area (Å²) in [5, 5.41) is 11.1. The second-order valence-electron chi connectivity index (χ2n) is 14.4. The van der Waals surface area contributed by atoms with E-state index in [2.05, 4.69) is 164 Å². The van der Waals surface area contributed by atoms with Crippen LogP contribution in [0.2, 0.25) is 0 Å². The van der Waals surface area contributed by atoms with E-state index in [1.54, 1.807) is 0 Å². The molecule has 0 unspecified atom stereocenters. The molecule has 0 bridgehead atoms. The Hall–Kier alpha value is -7.49. The van der Waals surface area contributed by atoms with Crippen LogP contribution >= 0.6 is 0 Å². The first-order valence-electron chi connectivity index (χ1n) is 19.0. The quantitative estimate of drug-likeness (QED) is 0.167. The van der Waals surface area contributed by atoms with Crippen molar-refractivity contribution in [1.29, 1.82) is 0 Å². The van der Waals surface area contributed by atoms with E-state index >= 15 is 0 Å². The molecule has 3 heteroatoms. The molecule has 11 aromatic rings. The first kappa shape index (κ1) is 32.0. The third-order valence-corrected chi connectivity index (χ3v) is 11.1. The minimum absolute atomic E-state index is 0.690. The lowest BCUT2D eigenvalue weighted by molar-refractivity contribution is 1.18. The van der Waals surface area contributed by atoms with Gasteiger partial charge in [-0.1, -0.05) is 158 Å². The predicted octanol–water partition coefficient (Wildman–Crippen LogP) is 14.0. The highest BCUT2D eigenvalue weighted by Crippen LogP contribution is 2.44. The standard InChI is InChI=1S/C53H33N3/c1-3-15-34(16-4-1)49-33-50(56-53(55-49)36-17-5-2-6-18-36)39-30-37(40-27-13-19-35-20-14-28-54-52(35)40)29-38(31-39)47-32-48-43-23-8-7-21-41(43)42-22-9-11-25-45(42)51(48)46-26-12-10-24-44(46)47/h1-33H. The molecule has 260 valence electrons. The van der Waals surface area contributed by atoms with Gasteiger partial charge in [0.1, 0.15) is 0 Å². The monoisotopic (exact) mass is 711 g/mol. The number of pyridine rings is 1. The van der Waals surface area contributed by atoms with Crippen LogP contribution < -0.4 is 0 Å². The number of benzene rings is 9. The second kappa shape index (κ2) is 13.1. The number of hydrogen-bond acceptors (Lipinski definition) is 3. The summed E-state index contributed by atoms with van der Waals surface area (Å²) in [6.07, 6.45) is 1.88. The number of rotatable bonds is 5. The van der Waals surface area contributed by atoms with E-state index in [1.165, 1.54) is 48.7 Å². The Morgan fingerprint density at radius 1 is 0.304 bits per heavy atom. The zero-order valence-corrected chi connectivity index (χ0v) is 30.4. The Labute approximate surface area is 324 Å². The summed E-state index contributed by atoms with van der Waals surface area (Å²) in [4.78, 5) is 15.3. The Balaban J connectivity index is 1.24. The number of aromatic nitrogens is 3. The Morgan fingerprint density at radius 2 is 0.821 bits per heavy atom. The maximum atomic E-state index is 5.29. The van der Waals surface area contributed by atoms with Crippen LogP contribution in [0, 0.1) is 0 Å². The molecule has 0 amide bonds. The normalized spacial score (nSPS) is 11.6.